The number of alkyl halides is 3. The largest absolute Gasteiger partial charge is 0.464 e. The van der Waals surface area contributed by atoms with Crippen molar-refractivity contribution in [1.82, 2.24) is 24.6 Å². The van der Waals surface area contributed by atoms with Gasteiger partial charge in [0.2, 0.25) is 0 Å². The van der Waals surface area contributed by atoms with E-state index in [1.165, 1.54) is 18.2 Å². The number of benzene rings is 1. The van der Waals surface area contributed by atoms with Crippen molar-refractivity contribution in [3.8, 4) is 17.3 Å². The third-order valence-electron chi connectivity index (χ3n) is 4.64. The van der Waals surface area contributed by atoms with Crippen molar-refractivity contribution in [1.29, 1.82) is 0 Å². The normalized spacial score (nSPS) is 11.6. The van der Waals surface area contributed by atoms with Gasteiger partial charge < -0.3 is 10.1 Å². The molecule has 0 bridgehead atoms. The molecule has 0 unspecified atom stereocenters. The van der Waals surface area contributed by atoms with Crippen molar-refractivity contribution >= 4 is 11.5 Å². The van der Waals surface area contributed by atoms with E-state index >= 15 is 0 Å². The van der Waals surface area contributed by atoms with Gasteiger partial charge in [-0.1, -0.05) is 18.2 Å². The molecule has 160 valence electrons. The van der Waals surface area contributed by atoms with Crippen LogP contribution in [0.2, 0.25) is 0 Å². The van der Waals surface area contributed by atoms with E-state index in [2.05, 4.69) is 25.4 Å². The summed E-state index contributed by atoms with van der Waals surface area (Å²) in [6, 6.07) is 8.87. The van der Waals surface area contributed by atoms with E-state index in [1.807, 2.05) is 13.8 Å². The third-order valence-corrected chi connectivity index (χ3v) is 4.64. The van der Waals surface area contributed by atoms with Crippen LogP contribution in [0.15, 0.2) is 48.8 Å². The Morgan fingerprint density at radius 1 is 1.10 bits per heavy atom. The fraction of sp³-hybridized carbons (Fsp3) is 0.238. The Bertz CT molecular complexity index is 1220. The molecule has 0 spiro atoms. The number of anilines is 1. The molecule has 31 heavy (non-hydrogen) atoms. The Morgan fingerprint density at radius 3 is 2.68 bits per heavy atom. The maximum Gasteiger partial charge on any atom is 0.417 e. The van der Waals surface area contributed by atoms with Gasteiger partial charge in [0.15, 0.2) is 5.65 Å². The summed E-state index contributed by atoms with van der Waals surface area (Å²) in [6.07, 6.45) is -1.29. The number of fused-ring (bicyclic) bond motifs is 1. The lowest BCUT2D eigenvalue weighted by Gasteiger charge is -2.12. The fourth-order valence-electron chi connectivity index (χ4n) is 3.21. The van der Waals surface area contributed by atoms with Crippen LogP contribution in [0.5, 0.6) is 6.01 Å². The molecule has 10 heteroatoms. The number of aromatic nitrogens is 5. The molecule has 0 fully saturated rings. The minimum Gasteiger partial charge on any atom is -0.464 e. The van der Waals surface area contributed by atoms with Crippen LogP contribution in [0.4, 0.5) is 19.0 Å². The van der Waals surface area contributed by atoms with Gasteiger partial charge in [-0.2, -0.15) is 23.3 Å². The van der Waals surface area contributed by atoms with Crippen LogP contribution in [-0.2, 0) is 12.7 Å². The monoisotopic (exact) mass is 428 g/mol. The Labute approximate surface area is 175 Å². The summed E-state index contributed by atoms with van der Waals surface area (Å²) in [6.45, 7) is 4.44. The molecule has 1 aromatic carbocycles. The van der Waals surface area contributed by atoms with Gasteiger partial charge in [-0.25, -0.2) is 14.5 Å². The van der Waals surface area contributed by atoms with Gasteiger partial charge >= 0.3 is 12.2 Å². The second-order valence-corrected chi connectivity index (χ2v) is 6.70. The highest BCUT2D eigenvalue weighted by molar-refractivity contribution is 5.67. The quantitative estimate of drug-likeness (QED) is 0.487. The van der Waals surface area contributed by atoms with Gasteiger partial charge in [-0.15, -0.1) is 0 Å². The minimum atomic E-state index is -4.48. The van der Waals surface area contributed by atoms with Crippen LogP contribution in [0.25, 0.3) is 16.9 Å². The van der Waals surface area contributed by atoms with Crippen molar-refractivity contribution in [2.24, 2.45) is 0 Å². The lowest BCUT2D eigenvalue weighted by Crippen LogP contribution is -2.08. The van der Waals surface area contributed by atoms with E-state index in [0.29, 0.717) is 30.3 Å². The topological polar surface area (TPSA) is 77.2 Å². The van der Waals surface area contributed by atoms with Crippen LogP contribution < -0.4 is 10.1 Å². The van der Waals surface area contributed by atoms with Gasteiger partial charge in [0, 0.05) is 30.1 Å². The summed E-state index contributed by atoms with van der Waals surface area (Å²) in [5.41, 5.74) is 1.45. The first-order valence-electron chi connectivity index (χ1n) is 9.58. The molecule has 4 rings (SSSR count). The maximum absolute atomic E-state index is 13.4. The van der Waals surface area contributed by atoms with E-state index < -0.39 is 11.7 Å². The highest BCUT2D eigenvalue weighted by atomic mass is 19.4. The average Bonchev–Trinajstić information content (AvgIpc) is 3.06. The number of hydrogen-bond donors (Lipinski definition) is 1. The molecule has 0 aliphatic rings. The summed E-state index contributed by atoms with van der Waals surface area (Å²) in [7, 11) is 0. The molecule has 0 radical (unpaired) electrons. The average molecular weight is 428 g/mol. The first-order chi connectivity index (χ1) is 14.9. The number of hydrogen-bond acceptors (Lipinski definition) is 6. The molecule has 0 aliphatic heterocycles. The zero-order valence-electron chi connectivity index (χ0n) is 16.8. The Balaban J connectivity index is 1.69. The number of halogens is 3. The Hall–Kier alpha value is -3.69. The molecular weight excluding hydrogens is 409 g/mol. The van der Waals surface area contributed by atoms with Gasteiger partial charge in [0.05, 0.1) is 23.6 Å². The summed E-state index contributed by atoms with van der Waals surface area (Å²) in [5.74, 6) is 0.552. The number of nitrogens with one attached hydrogen (secondary N) is 1. The second-order valence-electron chi connectivity index (χ2n) is 6.70. The predicted molar refractivity (Wildman–Crippen MR) is 109 cm³/mol. The molecule has 7 nitrogen and oxygen atoms in total. The van der Waals surface area contributed by atoms with Gasteiger partial charge in [0.25, 0.3) is 0 Å². The molecule has 0 saturated heterocycles. The second kappa shape index (κ2) is 8.21. The molecular formula is C21H19F3N6O. The van der Waals surface area contributed by atoms with Crippen molar-refractivity contribution < 1.29 is 17.9 Å². The van der Waals surface area contributed by atoms with Crippen molar-refractivity contribution in [3.63, 3.8) is 0 Å². The standard InChI is InChI=1S/C21H19F3N6O/c1-3-31-20-25-10-8-18(28-20)26-12-15-13(2)29-30-11-9-17(27-19(15)30)14-6-4-5-7-16(14)21(22,23)24/h4-11H,3,12H2,1-2H3,(H,25,26,28). The van der Waals surface area contributed by atoms with Crippen molar-refractivity contribution in [3.05, 3.63) is 65.6 Å². The molecule has 0 aliphatic carbocycles. The lowest BCUT2D eigenvalue weighted by atomic mass is 10.0. The third kappa shape index (κ3) is 4.27. The number of ether oxygens (including phenoxy) is 1. The van der Waals surface area contributed by atoms with Crippen LogP contribution in [0.1, 0.15) is 23.7 Å². The maximum atomic E-state index is 13.4. The van der Waals surface area contributed by atoms with E-state index in [4.69, 9.17) is 4.74 Å². The van der Waals surface area contributed by atoms with Crippen LogP contribution in [-0.4, -0.2) is 31.2 Å². The SMILES string of the molecule is CCOc1nccc(NCc2c(C)nn3ccc(-c4ccccc4C(F)(F)F)nc23)n1. The summed E-state index contributed by atoms with van der Waals surface area (Å²) in [5, 5.41) is 7.58. The fourth-order valence-corrected chi connectivity index (χ4v) is 3.21. The zero-order valence-corrected chi connectivity index (χ0v) is 16.8. The van der Waals surface area contributed by atoms with Crippen molar-refractivity contribution in [2.75, 3.05) is 11.9 Å². The lowest BCUT2D eigenvalue weighted by molar-refractivity contribution is -0.137. The molecule has 1 N–H and O–H groups in total. The number of rotatable bonds is 6. The van der Waals surface area contributed by atoms with Crippen LogP contribution in [0, 0.1) is 6.92 Å². The molecule has 0 atom stereocenters. The molecule has 3 heterocycles. The van der Waals surface area contributed by atoms with E-state index in [-0.39, 0.29) is 17.3 Å². The van der Waals surface area contributed by atoms with Gasteiger partial charge in [-0.05, 0) is 32.0 Å². The Kier molecular flexibility index (Phi) is 5.45. The van der Waals surface area contributed by atoms with Crippen LogP contribution >= 0.6 is 0 Å². The summed E-state index contributed by atoms with van der Waals surface area (Å²) in [4.78, 5) is 12.8. The first kappa shape index (κ1) is 20.6. The molecule has 3 aromatic heterocycles. The van der Waals surface area contributed by atoms with E-state index in [1.54, 1.807) is 29.0 Å². The number of nitrogens with zero attached hydrogens (tertiary/aromatic N) is 5. The van der Waals surface area contributed by atoms with Gasteiger partial charge in [0.1, 0.15) is 5.82 Å². The molecule has 4 aromatic rings. The first-order valence-corrected chi connectivity index (χ1v) is 9.58. The smallest absolute Gasteiger partial charge is 0.417 e. The Morgan fingerprint density at radius 2 is 1.90 bits per heavy atom. The summed E-state index contributed by atoms with van der Waals surface area (Å²) < 4.78 is 47.2. The highest BCUT2D eigenvalue weighted by Crippen LogP contribution is 2.36. The highest BCUT2D eigenvalue weighted by Gasteiger charge is 2.33. The zero-order chi connectivity index (χ0) is 22.0. The van der Waals surface area contributed by atoms with Gasteiger partial charge in [-0.3, -0.25) is 0 Å². The van der Waals surface area contributed by atoms with Crippen LogP contribution in [0.3, 0.4) is 0 Å². The minimum absolute atomic E-state index is 0.0208. The van der Waals surface area contributed by atoms with E-state index in [9.17, 15) is 13.2 Å². The van der Waals surface area contributed by atoms with Crippen molar-refractivity contribution in [2.45, 2.75) is 26.6 Å². The molecule has 0 saturated carbocycles. The summed E-state index contributed by atoms with van der Waals surface area (Å²) >= 11 is 0. The van der Waals surface area contributed by atoms with E-state index in [0.717, 1.165) is 11.6 Å². The number of aryl methyl sites for hydroxylation is 1. The molecule has 0 amide bonds. The predicted octanol–water partition coefficient (Wildman–Crippen LogP) is 4.52.